The Hall–Kier alpha value is -2.87. The molecule has 2 aromatic carbocycles. The summed E-state index contributed by atoms with van der Waals surface area (Å²) in [6, 6.07) is 23.0. The van der Waals surface area contributed by atoms with Gasteiger partial charge in [0.1, 0.15) is 5.65 Å². The first kappa shape index (κ1) is 23.5. The Bertz CT molecular complexity index is 1280. The summed E-state index contributed by atoms with van der Waals surface area (Å²) in [6.07, 6.45) is 19.1. The van der Waals surface area contributed by atoms with Crippen LogP contribution in [0.25, 0.3) is 16.9 Å². The molecule has 0 atom stereocenters. The van der Waals surface area contributed by atoms with Crippen LogP contribution in [-0.2, 0) is 12.8 Å². The molecule has 0 aliphatic heterocycles. The average molecular weight is 477 g/mol. The monoisotopic (exact) mass is 476 g/mol. The van der Waals surface area contributed by atoms with E-state index in [9.17, 15) is 0 Å². The molecule has 6 rings (SSSR count). The minimum Gasteiger partial charge on any atom is -0.299 e. The molecule has 2 nitrogen and oxygen atoms in total. The summed E-state index contributed by atoms with van der Waals surface area (Å²) in [4.78, 5) is 4.74. The number of fused-ring (bicyclic) bond motifs is 1. The minimum absolute atomic E-state index is 0.760. The number of imidazole rings is 1. The molecule has 0 unspecified atom stereocenters. The number of hydrogen-bond acceptors (Lipinski definition) is 1. The first-order valence-corrected chi connectivity index (χ1v) is 14.4. The molecule has 0 N–H and O–H groups in total. The van der Waals surface area contributed by atoms with Crippen molar-refractivity contribution in [1.29, 1.82) is 0 Å². The van der Waals surface area contributed by atoms with Crippen molar-refractivity contribution in [2.75, 3.05) is 0 Å². The SMILES string of the molecule is CCc1cccc(-c2ccc(Cc3ccc(C4CCC(C5CCCCC5)CC4)cc3)c3nccn23)c1. The van der Waals surface area contributed by atoms with Gasteiger partial charge in [0.25, 0.3) is 0 Å². The van der Waals surface area contributed by atoms with E-state index in [4.69, 9.17) is 4.98 Å². The van der Waals surface area contributed by atoms with Crippen LogP contribution in [0.4, 0.5) is 0 Å². The molecule has 0 radical (unpaired) electrons. The van der Waals surface area contributed by atoms with E-state index in [-0.39, 0.29) is 0 Å². The molecule has 0 bridgehead atoms. The van der Waals surface area contributed by atoms with Crippen molar-refractivity contribution in [2.24, 2.45) is 11.8 Å². The quantitative estimate of drug-likeness (QED) is 0.271. The Labute approximate surface area is 216 Å². The van der Waals surface area contributed by atoms with Crippen molar-refractivity contribution in [1.82, 2.24) is 9.38 Å². The number of pyridine rings is 1. The lowest BCUT2D eigenvalue weighted by Crippen LogP contribution is -2.23. The Kier molecular flexibility index (Phi) is 6.94. The molecule has 36 heavy (non-hydrogen) atoms. The van der Waals surface area contributed by atoms with Gasteiger partial charge < -0.3 is 0 Å². The van der Waals surface area contributed by atoms with Crippen LogP contribution in [0.15, 0.2) is 73.1 Å². The highest BCUT2D eigenvalue weighted by molar-refractivity contribution is 5.66. The van der Waals surface area contributed by atoms with Gasteiger partial charge in [0, 0.05) is 18.8 Å². The molecule has 2 aliphatic carbocycles. The van der Waals surface area contributed by atoms with Crippen LogP contribution < -0.4 is 0 Å². The van der Waals surface area contributed by atoms with Crippen molar-refractivity contribution in [3.8, 4) is 11.3 Å². The molecule has 2 heteroatoms. The molecule has 2 saturated carbocycles. The molecule has 0 saturated heterocycles. The van der Waals surface area contributed by atoms with Gasteiger partial charge in [0.15, 0.2) is 0 Å². The van der Waals surface area contributed by atoms with E-state index in [2.05, 4.69) is 78.2 Å². The van der Waals surface area contributed by atoms with Crippen molar-refractivity contribution in [3.63, 3.8) is 0 Å². The summed E-state index contributed by atoms with van der Waals surface area (Å²) in [5.74, 6) is 2.80. The minimum atomic E-state index is 0.760. The maximum Gasteiger partial charge on any atom is 0.140 e. The topological polar surface area (TPSA) is 17.3 Å². The molecule has 2 heterocycles. The fraction of sp³-hybridized carbons (Fsp3) is 0.441. The third kappa shape index (κ3) is 4.88. The Morgan fingerprint density at radius 2 is 1.56 bits per heavy atom. The average Bonchev–Trinajstić information content (AvgIpc) is 3.45. The second-order valence-corrected chi connectivity index (χ2v) is 11.3. The van der Waals surface area contributed by atoms with Gasteiger partial charge in [-0.1, -0.05) is 87.6 Å². The van der Waals surface area contributed by atoms with Crippen LogP contribution in [0.3, 0.4) is 0 Å². The predicted molar refractivity (Wildman–Crippen MR) is 151 cm³/mol. The van der Waals surface area contributed by atoms with E-state index in [1.165, 1.54) is 85.7 Å². The maximum absolute atomic E-state index is 4.74. The van der Waals surface area contributed by atoms with E-state index < -0.39 is 0 Å². The first-order valence-electron chi connectivity index (χ1n) is 14.4. The van der Waals surface area contributed by atoms with Gasteiger partial charge in [-0.15, -0.1) is 0 Å². The second kappa shape index (κ2) is 10.6. The molecule has 2 aliphatic rings. The van der Waals surface area contributed by atoms with Gasteiger partial charge in [0.05, 0.1) is 5.69 Å². The zero-order valence-corrected chi connectivity index (χ0v) is 21.8. The van der Waals surface area contributed by atoms with E-state index >= 15 is 0 Å². The molecule has 4 aromatic rings. The second-order valence-electron chi connectivity index (χ2n) is 11.3. The number of aryl methyl sites for hydroxylation is 1. The van der Waals surface area contributed by atoms with Gasteiger partial charge in [-0.3, -0.25) is 4.40 Å². The van der Waals surface area contributed by atoms with Gasteiger partial charge in [-0.2, -0.15) is 0 Å². The van der Waals surface area contributed by atoms with Crippen LogP contribution in [0.2, 0.25) is 0 Å². The van der Waals surface area contributed by atoms with Crippen LogP contribution >= 0.6 is 0 Å². The number of rotatable bonds is 6. The number of hydrogen-bond donors (Lipinski definition) is 0. The van der Waals surface area contributed by atoms with E-state index in [0.29, 0.717) is 0 Å². The molecule has 2 fully saturated rings. The fourth-order valence-electron chi connectivity index (χ4n) is 7.05. The van der Waals surface area contributed by atoms with Crippen LogP contribution in [-0.4, -0.2) is 9.38 Å². The molecule has 0 amide bonds. The van der Waals surface area contributed by atoms with Crippen LogP contribution in [0.5, 0.6) is 0 Å². The van der Waals surface area contributed by atoms with Gasteiger partial charge >= 0.3 is 0 Å². The van der Waals surface area contributed by atoms with Gasteiger partial charge in [-0.05, 0) is 89.8 Å². The molecule has 0 spiro atoms. The number of aromatic nitrogens is 2. The summed E-state index contributed by atoms with van der Waals surface area (Å²) < 4.78 is 2.25. The zero-order valence-electron chi connectivity index (χ0n) is 21.8. The highest BCUT2D eigenvalue weighted by Gasteiger charge is 2.29. The van der Waals surface area contributed by atoms with E-state index in [0.717, 1.165) is 36.2 Å². The van der Waals surface area contributed by atoms with Crippen molar-refractivity contribution in [2.45, 2.75) is 83.5 Å². The number of benzene rings is 2. The molecular formula is C34H40N2. The van der Waals surface area contributed by atoms with Crippen molar-refractivity contribution < 1.29 is 0 Å². The maximum atomic E-state index is 4.74. The lowest BCUT2D eigenvalue weighted by atomic mass is 9.70. The molecule has 186 valence electrons. The summed E-state index contributed by atoms with van der Waals surface area (Å²) in [5, 5.41) is 0. The summed E-state index contributed by atoms with van der Waals surface area (Å²) in [5.41, 5.74) is 9.12. The van der Waals surface area contributed by atoms with Crippen molar-refractivity contribution in [3.05, 3.63) is 95.3 Å². The van der Waals surface area contributed by atoms with Gasteiger partial charge in [-0.25, -0.2) is 4.98 Å². The van der Waals surface area contributed by atoms with Crippen molar-refractivity contribution >= 4 is 5.65 Å². The Balaban J connectivity index is 1.14. The summed E-state index contributed by atoms with van der Waals surface area (Å²) >= 11 is 0. The highest BCUT2D eigenvalue weighted by Crippen LogP contribution is 2.43. The third-order valence-corrected chi connectivity index (χ3v) is 9.19. The lowest BCUT2D eigenvalue weighted by molar-refractivity contribution is 0.186. The van der Waals surface area contributed by atoms with E-state index in [1.54, 1.807) is 5.56 Å². The Morgan fingerprint density at radius 3 is 2.33 bits per heavy atom. The van der Waals surface area contributed by atoms with Crippen LogP contribution in [0.1, 0.15) is 92.9 Å². The highest BCUT2D eigenvalue weighted by atomic mass is 15.0. The number of nitrogens with zero attached hydrogens (tertiary/aromatic N) is 2. The lowest BCUT2D eigenvalue weighted by Gasteiger charge is -2.36. The van der Waals surface area contributed by atoms with Gasteiger partial charge in [0.2, 0.25) is 0 Å². The largest absolute Gasteiger partial charge is 0.299 e. The Morgan fingerprint density at radius 1 is 0.778 bits per heavy atom. The summed E-state index contributed by atoms with van der Waals surface area (Å²) in [7, 11) is 0. The van der Waals surface area contributed by atoms with Crippen LogP contribution in [0, 0.1) is 11.8 Å². The fourth-order valence-corrected chi connectivity index (χ4v) is 7.05. The zero-order chi connectivity index (χ0) is 24.3. The summed E-state index contributed by atoms with van der Waals surface area (Å²) in [6.45, 7) is 2.21. The molecule has 2 aromatic heterocycles. The molecular weight excluding hydrogens is 436 g/mol. The standard InChI is InChI=1S/C34H40N2/c1-2-25-7-6-10-31(23-25)33-20-19-32(34-35-21-22-36(33)34)24-26-11-13-28(14-12-26)30-17-15-29(16-18-30)27-8-4-3-5-9-27/h6-7,10-14,19-23,27,29-30H,2-5,8-9,15-18,24H2,1H3. The normalized spacial score (nSPS) is 21.1. The predicted octanol–water partition coefficient (Wildman–Crippen LogP) is 9.01. The third-order valence-electron chi connectivity index (χ3n) is 9.19. The smallest absolute Gasteiger partial charge is 0.140 e. The first-order chi connectivity index (χ1) is 17.8. The van der Waals surface area contributed by atoms with E-state index in [1.807, 2.05) is 6.20 Å².